The number of hydrogen-bond donors (Lipinski definition) is 0. The maximum Gasteiger partial charge on any atom is 0.165 e. The van der Waals surface area contributed by atoms with E-state index in [1.807, 2.05) is 13.8 Å². The van der Waals surface area contributed by atoms with Crippen LogP contribution in [-0.4, -0.2) is 19.0 Å². The van der Waals surface area contributed by atoms with E-state index < -0.39 is 0 Å². The number of hydrogen-bond acceptors (Lipinski definition) is 2. The Labute approximate surface area is 62.5 Å². The van der Waals surface area contributed by atoms with Crippen molar-refractivity contribution >= 4 is 0 Å². The molecule has 0 aromatic rings. The molecule has 0 saturated carbocycles. The van der Waals surface area contributed by atoms with Crippen molar-refractivity contribution in [2.24, 2.45) is 0 Å². The van der Waals surface area contributed by atoms with Gasteiger partial charge in [-0.05, 0) is 26.7 Å². The van der Waals surface area contributed by atoms with Crippen molar-refractivity contribution in [1.29, 1.82) is 0 Å². The van der Waals surface area contributed by atoms with Gasteiger partial charge in [0.2, 0.25) is 0 Å². The van der Waals surface area contributed by atoms with Crippen LogP contribution in [0.1, 0.15) is 33.1 Å². The van der Waals surface area contributed by atoms with Gasteiger partial charge in [0.15, 0.2) is 5.79 Å². The van der Waals surface area contributed by atoms with Gasteiger partial charge in [0.05, 0.1) is 6.61 Å². The first-order valence-electron chi connectivity index (χ1n) is 4.05. The minimum atomic E-state index is -0.271. The van der Waals surface area contributed by atoms with Gasteiger partial charge >= 0.3 is 0 Å². The highest BCUT2D eigenvalue weighted by molar-refractivity contribution is 4.67. The maximum absolute atomic E-state index is 5.48. The Hall–Kier alpha value is -0.0800. The lowest BCUT2D eigenvalue weighted by Crippen LogP contribution is -2.35. The molecule has 1 aliphatic rings. The van der Waals surface area contributed by atoms with Gasteiger partial charge in [-0.3, -0.25) is 0 Å². The third kappa shape index (κ3) is 1.96. The van der Waals surface area contributed by atoms with E-state index in [4.69, 9.17) is 9.47 Å². The van der Waals surface area contributed by atoms with Crippen LogP contribution in [0.3, 0.4) is 0 Å². The molecule has 1 heterocycles. The summed E-state index contributed by atoms with van der Waals surface area (Å²) < 4.78 is 10.9. The second-order valence-corrected chi connectivity index (χ2v) is 2.87. The first-order chi connectivity index (χ1) is 4.77. The quantitative estimate of drug-likeness (QED) is 0.589. The third-order valence-corrected chi connectivity index (χ3v) is 1.88. The summed E-state index contributed by atoms with van der Waals surface area (Å²) in [4.78, 5) is 0. The molecular weight excluding hydrogens is 128 g/mol. The van der Waals surface area contributed by atoms with Crippen LogP contribution in [0.25, 0.3) is 0 Å². The summed E-state index contributed by atoms with van der Waals surface area (Å²) in [7, 11) is 0. The minimum absolute atomic E-state index is 0.271. The molecule has 2 nitrogen and oxygen atoms in total. The second kappa shape index (κ2) is 3.35. The zero-order chi connectivity index (χ0) is 7.45. The van der Waals surface area contributed by atoms with Crippen LogP contribution in [0, 0.1) is 0 Å². The highest BCUT2D eigenvalue weighted by Gasteiger charge is 2.27. The van der Waals surface area contributed by atoms with Gasteiger partial charge in [-0.25, -0.2) is 0 Å². The van der Waals surface area contributed by atoms with Gasteiger partial charge in [0, 0.05) is 13.0 Å². The fourth-order valence-electron chi connectivity index (χ4n) is 1.33. The predicted octanol–water partition coefficient (Wildman–Crippen LogP) is 1.94. The Morgan fingerprint density at radius 2 is 2.30 bits per heavy atom. The third-order valence-electron chi connectivity index (χ3n) is 1.88. The van der Waals surface area contributed by atoms with Crippen LogP contribution in [0.5, 0.6) is 0 Å². The van der Waals surface area contributed by atoms with E-state index >= 15 is 0 Å². The number of ether oxygens (including phenoxy) is 2. The largest absolute Gasteiger partial charge is 0.351 e. The smallest absolute Gasteiger partial charge is 0.165 e. The lowest BCUT2D eigenvalue weighted by molar-refractivity contribution is -0.241. The molecule has 1 unspecified atom stereocenters. The van der Waals surface area contributed by atoms with Crippen LogP contribution in [0.15, 0.2) is 0 Å². The van der Waals surface area contributed by atoms with Gasteiger partial charge in [0.25, 0.3) is 0 Å². The molecule has 1 aliphatic heterocycles. The Bertz CT molecular complexity index is 89.9. The average Bonchev–Trinajstić information content (AvgIpc) is 1.89. The monoisotopic (exact) mass is 144 g/mol. The molecule has 0 bridgehead atoms. The molecule has 1 atom stereocenters. The molecule has 0 aromatic carbocycles. The molecule has 60 valence electrons. The topological polar surface area (TPSA) is 18.5 Å². The Morgan fingerprint density at radius 1 is 1.50 bits per heavy atom. The van der Waals surface area contributed by atoms with E-state index in [1.54, 1.807) is 0 Å². The van der Waals surface area contributed by atoms with Gasteiger partial charge < -0.3 is 9.47 Å². The fraction of sp³-hybridized carbons (Fsp3) is 1.00. The van der Waals surface area contributed by atoms with Crippen molar-refractivity contribution in [2.75, 3.05) is 13.2 Å². The Balaban J connectivity index is 2.32. The van der Waals surface area contributed by atoms with Crippen molar-refractivity contribution in [3.05, 3.63) is 0 Å². The first kappa shape index (κ1) is 8.02. The van der Waals surface area contributed by atoms with E-state index in [1.165, 1.54) is 12.8 Å². The van der Waals surface area contributed by atoms with E-state index in [0.717, 1.165) is 19.6 Å². The Kier molecular flexibility index (Phi) is 2.69. The van der Waals surface area contributed by atoms with E-state index in [0.29, 0.717) is 0 Å². The van der Waals surface area contributed by atoms with Crippen LogP contribution >= 0.6 is 0 Å². The van der Waals surface area contributed by atoms with Crippen LogP contribution in [0.4, 0.5) is 0 Å². The molecular formula is C8H16O2. The van der Waals surface area contributed by atoms with Gasteiger partial charge in [-0.15, -0.1) is 0 Å². The predicted molar refractivity (Wildman–Crippen MR) is 39.8 cm³/mol. The molecule has 10 heavy (non-hydrogen) atoms. The molecule has 0 aliphatic carbocycles. The first-order valence-corrected chi connectivity index (χ1v) is 4.05. The minimum Gasteiger partial charge on any atom is -0.351 e. The lowest BCUT2D eigenvalue weighted by atomic mass is 10.1. The van der Waals surface area contributed by atoms with E-state index in [-0.39, 0.29) is 5.79 Å². The fourth-order valence-corrected chi connectivity index (χ4v) is 1.33. The molecule has 0 amide bonds. The zero-order valence-electron chi connectivity index (χ0n) is 6.85. The van der Waals surface area contributed by atoms with Gasteiger partial charge in [-0.2, -0.15) is 0 Å². The summed E-state index contributed by atoms with van der Waals surface area (Å²) in [5, 5.41) is 0. The SMILES string of the molecule is CCOC1(C)CCCCO1. The van der Waals surface area contributed by atoms with Gasteiger partial charge in [-0.1, -0.05) is 0 Å². The van der Waals surface area contributed by atoms with Crippen molar-refractivity contribution in [3.63, 3.8) is 0 Å². The van der Waals surface area contributed by atoms with E-state index in [2.05, 4.69) is 0 Å². The van der Waals surface area contributed by atoms with Crippen LogP contribution in [0.2, 0.25) is 0 Å². The summed E-state index contributed by atoms with van der Waals surface area (Å²) in [6.45, 7) is 5.63. The zero-order valence-corrected chi connectivity index (χ0v) is 6.85. The van der Waals surface area contributed by atoms with E-state index in [9.17, 15) is 0 Å². The van der Waals surface area contributed by atoms with Crippen molar-refractivity contribution in [1.82, 2.24) is 0 Å². The normalized spacial score (nSPS) is 34.2. The average molecular weight is 144 g/mol. The molecule has 0 aromatic heterocycles. The summed E-state index contributed by atoms with van der Waals surface area (Å²) in [5.41, 5.74) is 0. The lowest BCUT2D eigenvalue weighted by Gasteiger charge is -2.33. The maximum atomic E-state index is 5.48. The molecule has 0 N–H and O–H groups in total. The summed E-state index contributed by atoms with van der Waals surface area (Å²) in [5.74, 6) is -0.271. The standard InChI is InChI=1S/C8H16O2/c1-3-9-8(2)6-4-5-7-10-8/h3-7H2,1-2H3. The number of rotatable bonds is 2. The molecule has 1 fully saturated rings. The highest BCUT2D eigenvalue weighted by Crippen LogP contribution is 2.24. The molecule has 1 saturated heterocycles. The van der Waals surface area contributed by atoms with Gasteiger partial charge in [0.1, 0.15) is 0 Å². The summed E-state index contributed by atoms with van der Waals surface area (Å²) >= 11 is 0. The molecule has 1 rings (SSSR count). The van der Waals surface area contributed by atoms with Crippen molar-refractivity contribution in [3.8, 4) is 0 Å². The summed E-state index contributed by atoms with van der Waals surface area (Å²) in [6, 6.07) is 0. The van der Waals surface area contributed by atoms with Crippen molar-refractivity contribution < 1.29 is 9.47 Å². The molecule has 2 heteroatoms. The molecule has 0 spiro atoms. The van der Waals surface area contributed by atoms with Crippen molar-refractivity contribution in [2.45, 2.75) is 38.9 Å². The van der Waals surface area contributed by atoms with Crippen LogP contribution in [-0.2, 0) is 9.47 Å². The van der Waals surface area contributed by atoms with Crippen LogP contribution < -0.4 is 0 Å². The molecule has 0 radical (unpaired) electrons. The highest BCUT2D eigenvalue weighted by atomic mass is 16.7. The summed E-state index contributed by atoms with van der Waals surface area (Å²) in [6.07, 6.45) is 3.46. The second-order valence-electron chi connectivity index (χ2n) is 2.87. The Morgan fingerprint density at radius 3 is 2.80 bits per heavy atom.